The summed E-state index contributed by atoms with van der Waals surface area (Å²) in [7, 11) is 0. The second kappa shape index (κ2) is 14.9. The highest BCUT2D eigenvalue weighted by Gasteiger charge is 2.09. The van der Waals surface area contributed by atoms with Gasteiger partial charge in [-0.15, -0.1) is 5.10 Å². The summed E-state index contributed by atoms with van der Waals surface area (Å²) in [5.41, 5.74) is 1.54. The lowest BCUT2D eigenvalue weighted by atomic mass is 10.0. The summed E-state index contributed by atoms with van der Waals surface area (Å²) in [6, 6.07) is 7.56. The highest BCUT2D eigenvalue weighted by molar-refractivity contribution is 5.89. The predicted octanol–water partition coefficient (Wildman–Crippen LogP) is 7.50. The average molecular weight is 398 g/mol. The number of unbranched alkanes of at least 4 members (excludes halogenated alkanes) is 13. The van der Waals surface area contributed by atoms with E-state index in [4.69, 9.17) is 0 Å². The third-order valence-electron chi connectivity index (χ3n) is 5.52. The van der Waals surface area contributed by atoms with Crippen molar-refractivity contribution in [2.45, 2.75) is 103 Å². The van der Waals surface area contributed by atoms with Crippen LogP contribution in [0, 0.1) is 0 Å². The molecule has 1 aromatic heterocycles. The fraction of sp³-hybridized carbons (Fsp3) is 0.640. The monoisotopic (exact) mass is 397 g/mol. The van der Waals surface area contributed by atoms with Gasteiger partial charge in [0.1, 0.15) is 5.52 Å². The average Bonchev–Trinajstić information content (AvgIpc) is 3.17. The van der Waals surface area contributed by atoms with Crippen molar-refractivity contribution in [3.63, 3.8) is 0 Å². The van der Waals surface area contributed by atoms with Gasteiger partial charge in [0, 0.05) is 6.42 Å². The number of hydrogen-bond donors (Lipinski definition) is 0. The molecule has 4 heteroatoms. The maximum Gasteiger partial charge on any atom is 0.252 e. The molecule has 0 aliphatic rings. The number of benzene rings is 1. The van der Waals surface area contributed by atoms with Gasteiger partial charge in [-0.2, -0.15) is 4.68 Å². The van der Waals surface area contributed by atoms with Crippen molar-refractivity contribution in [2.24, 2.45) is 0 Å². The van der Waals surface area contributed by atoms with E-state index in [1.807, 2.05) is 30.3 Å². The Morgan fingerprint density at radius 3 is 2.07 bits per heavy atom. The lowest BCUT2D eigenvalue weighted by Crippen LogP contribution is -2.10. The van der Waals surface area contributed by atoms with Crippen LogP contribution < -0.4 is 0 Å². The van der Waals surface area contributed by atoms with Crippen molar-refractivity contribution >= 4 is 16.9 Å². The molecule has 0 aliphatic heterocycles. The zero-order valence-electron chi connectivity index (χ0n) is 18.3. The van der Waals surface area contributed by atoms with Crippen LogP contribution in [0.3, 0.4) is 0 Å². The van der Waals surface area contributed by atoms with Gasteiger partial charge in [0.25, 0.3) is 5.91 Å². The number of nitrogens with zero attached hydrogens (tertiary/aromatic N) is 3. The number of carbonyl (C=O) groups is 1. The summed E-state index contributed by atoms with van der Waals surface area (Å²) in [4.78, 5) is 12.3. The molecule has 0 saturated carbocycles. The Morgan fingerprint density at radius 1 is 0.828 bits per heavy atom. The largest absolute Gasteiger partial charge is 0.272 e. The van der Waals surface area contributed by atoms with E-state index in [1.54, 1.807) is 0 Å². The molecule has 0 radical (unpaired) electrons. The molecule has 29 heavy (non-hydrogen) atoms. The van der Waals surface area contributed by atoms with Gasteiger partial charge in [-0.3, -0.25) is 4.79 Å². The number of para-hydroxylation sites is 1. The van der Waals surface area contributed by atoms with Crippen LogP contribution in [0.4, 0.5) is 0 Å². The van der Waals surface area contributed by atoms with E-state index in [2.05, 4.69) is 23.3 Å². The zero-order chi connectivity index (χ0) is 20.6. The lowest BCUT2D eigenvalue weighted by Gasteiger charge is -2.02. The minimum atomic E-state index is -0.0275. The molecule has 1 aromatic carbocycles. The Kier molecular flexibility index (Phi) is 12.0. The van der Waals surface area contributed by atoms with Gasteiger partial charge >= 0.3 is 0 Å². The fourth-order valence-corrected chi connectivity index (χ4v) is 3.72. The highest BCUT2D eigenvalue weighted by atomic mass is 16.2. The first-order valence-corrected chi connectivity index (χ1v) is 11.8. The first kappa shape index (κ1) is 23.3. The van der Waals surface area contributed by atoms with Gasteiger partial charge in [-0.05, 0) is 25.0 Å². The molecule has 160 valence electrons. The molecule has 4 nitrogen and oxygen atoms in total. The van der Waals surface area contributed by atoms with Gasteiger partial charge < -0.3 is 0 Å². The van der Waals surface area contributed by atoms with E-state index in [-0.39, 0.29) is 5.91 Å². The fourth-order valence-electron chi connectivity index (χ4n) is 3.72. The third kappa shape index (κ3) is 9.38. The van der Waals surface area contributed by atoms with Crippen molar-refractivity contribution in [1.82, 2.24) is 15.0 Å². The second-order valence-electron chi connectivity index (χ2n) is 8.09. The van der Waals surface area contributed by atoms with E-state index in [9.17, 15) is 4.79 Å². The normalized spacial score (nSPS) is 11.6. The Hall–Kier alpha value is -1.97. The van der Waals surface area contributed by atoms with Gasteiger partial charge in [0.2, 0.25) is 0 Å². The lowest BCUT2D eigenvalue weighted by molar-refractivity contribution is 0.0904. The molecule has 0 spiro atoms. The minimum Gasteiger partial charge on any atom is -0.272 e. The second-order valence-corrected chi connectivity index (χ2v) is 8.09. The zero-order valence-corrected chi connectivity index (χ0v) is 18.3. The summed E-state index contributed by atoms with van der Waals surface area (Å²) in [6.45, 7) is 2.28. The van der Waals surface area contributed by atoms with Gasteiger partial charge in [-0.1, -0.05) is 113 Å². The van der Waals surface area contributed by atoms with Crippen molar-refractivity contribution < 1.29 is 4.79 Å². The van der Waals surface area contributed by atoms with Crippen molar-refractivity contribution in [1.29, 1.82) is 0 Å². The summed E-state index contributed by atoms with van der Waals surface area (Å²) < 4.78 is 1.41. The predicted molar refractivity (Wildman–Crippen MR) is 122 cm³/mol. The van der Waals surface area contributed by atoms with E-state index < -0.39 is 0 Å². The summed E-state index contributed by atoms with van der Waals surface area (Å²) in [5, 5.41) is 8.00. The van der Waals surface area contributed by atoms with E-state index in [0.29, 0.717) is 6.42 Å². The third-order valence-corrected chi connectivity index (χ3v) is 5.52. The molecule has 0 aliphatic carbocycles. The van der Waals surface area contributed by atoms with Crippen LogP contribution in [0.5, 0.6) is 0 Å². The van der Waals surface area contributed by atoms with Gasteiger partial charge in [-0.25, -0.2) is 0 Å². The number of aromatic nitrogens is 3. The minimum absolute atomic E-state index is 0.0275. The Morgan fingerprint density at radius 2 is 1.41 bits per heavy atom. The van der Waals surface area contributed by atoms with Crippen LogP contribution in [0.1, 0.15) is 108 Å². The SMILES string of the molecule is CCCCCCCCCCCCCCC/C=C/CC(=O)n1nnc2ccccc21. The molecule has 0 bridgehead atoms. The maximum atomic E-state index is 12.3. The summed E-state index contributed by atoms with van der Waals surface area (Å²) >= 11 is 0. The van der Waals surface area contributed by atoms with Gasteiger partial charge in [0.15, 0.2) is 0 Å². The number of hydrogen-bond acceptors (Lipinski definition) is 3. The molecular weight excluding hydrogens is 358 g/mol. The van der Waals surface area contributed by atoms with Crippen LogP contribution in [0.25, 0.3) is 11.0 Å². The molecule has 0 N–H and O–H groups in total. The Labute approximate surface area is 176 Å². The van der Waals surface area contributed by atoms with Crippen LogP contribution >= 0.6 is 0 Å². The Bertz CT molecular complexity index is 720. The molecule has 0 atom stereocenters. The van der Waals surface area contributed by atoms with Crippen molar-refractivity contribution in [3.05, 3.63) is 36.4 Å². The maximum absolute atomic E-state index is 12.3. The van der Waals surface area contributed by atoms with Crippen molar-refractivity contribution in [3.8, 4) is 0 Å². The molecule has 0 amide bonds. The van der Waals surface area contributed by atoms with Gasteiger partial charge in [0.05, 0.1) is 5.52 Å². The summed E-state index contributed by atoms with van der Waals surface area (Å²) in [5.74, 6) is -0.0275. The first-order valence-electron chi connectivity index (χ1n) is 11.8. The molecule has 0 fully saturated rings. The van der Waals surface area contributed by atoms with E-state index in [0.717, 1.165) is 17.5 Å². The number of fused-ring (bicyclic) bond motifs is 1. The standard InChI is InChI=1S/C25H39N3O/c1-2-3-4-5-6-7-8-9-10-11-12-13-14-15-16-17-22-25(29)28-24-21-19-18-20-23(24)26-27-28/h16-21H,2-15,22H2,1H3/b17-16+. The van der Waals surface area contributed by atoms with Crippen LogP contribution in [-0.4, -0.2) is 20.9 Å². The molecule has 0 saturated heterocycles. The molecule has 2 aromatic rings. The molecule has 0 unspecified atom stereocenters. The van der Waals surface area contributed by atoms with Crippen LogP contribution in [0.15, 0.2) is 36.4 Å². The summed E-state index contributed by atoms with van der Waals surface area (Å²) in [6.07, 6.45) is 23.5. The van der Waals surface area contributed by atoms with Crippen LogP contribution in [-0.2, 0) is 0 Å². The topological polar surface area (TPSA) is 47.8 Å². The Balaban J connectivity index is 1.42. The first-order chi connectivity index (χ1) is 14.3. The quantitative estimate of drug-likeness (QED) is 0.218. The highest BCUT2D eigenvalue weighted by Crippen LogP contribution is 2.13. The molecule has 1 heterocycles. The molecule has 2 rings (SSSR count). The number of rotatable bonds is 16. The smallest absolute Gasteiger partial charge is 0.252 e. The number of allylic oxidation sites excluding steroid dienone is 2. The number of carbonyl (C=O) groups excluding carboxylic acids is 1. The molecular formula is C25H39N3O. The van der Waals surface area contributed by atoms with Crippen molar-refractivity contribution in [2.75, 3.05) is 0 Å². The van der Waals surface area contributed by atoms with E-state index in [1.165, 1.54) is 88.2 Å². The van der Waals surface area contributed by atoms with Crippen LogP contribution in [0.2, 0.25) is 0 Å². The van der Waals surface area contributed by atoms with E-state index >= 15 is 0 Å².